The van der Waals surface area contributed by atoms with Crippen LogP contribution in [0.3, 0.4) is 0 Å². The van der Waals surface area contributed by atoms with Crippen LogP contribution in [0.2, 0.25) is 0 Å². The van der Waals surface area contributed by atoms with E-state index in [1.165, 1.54) is 6.07 Å². The minimum absolute atomic E-state index is 0.189. The number of aromatic nitrogens is 1. The Morgan fingerprint density at radius 2 is 2.20 bits per heavy atom. The average molecular weight is 293 g/mol. The summed E-state index contributed by atoms with van der Waals surface area (Å²) in [4.78, 5) is 7.01. The molecule has 1 aliphatic heterocycles. The molecule has 0 aliphatic carbocycles. The lowest BCUT2D eigenvalue weighted by atomic mass is 9.91. The van der Waals surface area contributed by atoms with Crippen LogP contribution in [0.5, 0.6) is 0 Å². The highest BCUT2D eigenvalue weighted by Crippen LogP contribution is 2.26. The molecule has 2 N–H and O–H groups in total. The van der Waals surface area contributed by atoms with Crippen molar-refractivity contribution in [3.05, 3.63) is 29.0 Å². The molecule has 1 unspecified atom stereocenters. The minimum atomic E-state index is -0.189. The first-order valence-electron chi connectivity index (χ1n) is 7.15. The lowest BCUT2D eigenvalue weighted by molar-refractivity contribution is 0.165. The highest BCUT2D eigenvalue weighted by atomic mass is 32.1. The smallest absolute Gasteiger partial charge is 0.124 e. The summed E-state index contributed by atoms with van der Waals surface area (Å²) in [6, 6.07) is 5.09. The first-order chi connectivity index (χ1) is 9.61. The highest BCUT2D eigenvalue weighted by Gasteiger charge is 2.22. The fourth-order valence-electron chi connectivity index (χ4n) is 2.84. The summed E-state index contributed by atoms with van der Waals surface area (Å²) in [5.74, 6) is 0.459. The van der Waals surface area contributed by atoms with Crippen molar-refractivity contribution in [2.75, 3.05) is 13.1 Å². The van der Waals surface area contributed by atoms with Crippen molar-refractivity contribution in [2.45, 2.75) is 32.4 Å². The summed E-state index contributed by atoms with van der Waals surface area (Å²) in [5.41, 5.74) is 6.87. The number of rotatable bonds is 3. The number of piperidine rings is 1. The van der Waals surface area contributed by atoms with Crippen LogP contribution in [-0.4, -0.2) is 29.0 Å². The molecule has 0 spiro atoms. The number of likely N-dealkylation sites (tertiary alicyclic amines) is 1. The summed E-state index contributed by atoms with van der Waals surface area (Å²) in [6.07, 6.45) is 2.33. The standard InChI is InChI=1S/C15H20FN3S/c1-10(17)11-4-6-19(7-5-11)9-15-18-13-3-2-12(16)8-14(13)20-15/h2-3,8,10-11H,4-7,9,17H2,1H3. The Labute approximate surface area is 122 Å². The monoisotopic (exact) mass is 293 g/mol. The van der Waals surface area contributed by atoms with E-state index in [1.54, 1.807) is 23.5 Å². The molecule has 3 nitrogen and oxygen atoms in total. The second-order valence-electron chi connectivity index (χ2n) is 5.69. The van der Waals surface area contributed by atoms with Crippen LogP contribution in [0.4, 0.5) is 4.39 Å². The summed E-state index contributed by atoms with van der Waals surface area (Å²) >= 11 is 1.59. The van der Waals surface area contributed by atoms with Crippen LogP contribution < -0.4 is 5.73 Å². The number of hydrogen-bond donors (Lipinski definition) is 1. The molecule has 20 heavy (non-hydrogen) atoms. The second-order valence-corrected chi connectivity index (χ2v) is 6.81. The zero-order valence-corrected chi connectivity index (χ0v) is 12.5. The first kappa shape index (κ1) is 13.9. The van der Waals surface area contributed by atoms with Crippen LogP contribution in [0, 0.1) is 11.7 Å². The van der Waals surface area contributed by atoms with Crippen LogP contribution in [0.25, 0.3) is 10.2 Å². The Balaban J connectivity index is 1.65. The predicted octanol–water partition coefficient (Wildman–Crippen LogP) is 2.99. The van der Waals surface area contributed by atoms with Gasteiger partial charge in [-0.05, 0) is 57.0 Å². The van der Waals surface area contributed by atoms with E-state index in [-0.39, 0.29) is 5.82 Å². The number of nitrogens with two attached hydrogens (primary N) is 1. The van der Waals surface area contributed by atoms with Crippen molar-refractivity contribution in [1.29, 1.82) is 0 Å². The molecule has 108 valence electrons. The van der Waals surface area contributed by atoms with E-state index in [1.807, 2.05) is 0 Å². The van der Waals surface area contributed by atoms with Crippen molar-refractivity contribution in [3.8, 4) is 0 Å². The lowest BCUT2D eigenvalue weighted by Gasteiger charge is -2.33. The Kier molecular flexibility index (Phi) is 4.01. The SMILES string of the molecule is CC(N)C1CCN(Cc2nc3ccc(F)cc3s2)CC1. The maximum absolute atomic E-state index is 13.2. The van der Waals surface area contributed by atoms with E-state index in [4.69, 9.17) is 5.73 Å². The Morgan fingerprint density at radius 1 is 1.45 bits per heavy atom. The third kappa shape index (κ3) is 3.00. The molecule has 0 saturated carbocycles. The third-order valence-corrected chi connectivity index (χ3v) is 5.13. The fourth-order valence-corrected chi connectivity index (χ4v) is 3.88. The topological polar surface area (TPSA) is 42.1 Å². The largest absolute Gasteiger partial charge is 0.328 e. The van der Waals surface area contributed by atoms with Gasteiger partial charge in [0.2, 0.25) is 0 Å². The molecule has 1 aromatic carbocycles. The van der Waals surface area contributed by atoms with Crippen molar-refractivity contribution in [3.63, 3.8) is 0 Å². The van der Waals surface area contributed by atoms with Crippen molar-refractivity contribution in [2.24, 2.45) is 11.7 Å². The van der Waals surface area contributed by atoms with Crippen LogP contribution in [0.15, 0.2) is 18.2 Å². The van der Waals surface area contributed by atoms with E-state index in [0.29, 0.717) is 12.0 Å². The zero-order valence-electron chi connectivity index (χ0n) is 11.7. The minimum Gasteiger partial charge on any atom is -0.328 e. The van der Waals surface area contributed by atoms with Gasteiger partial charge in [0, 0.05) is 6.04 Å². The first-order valence-corrected chi connectivity index (χ1v) is 7.96. The molecule has 3 rings (SSSR count). The molecular weight excluding hydrogens is 273 g/mol. The van der Waals surface area contributed by atoms with Gasteiger partial charge < -0.3 is 5.73 Å². The fraction of sp³-hybridized carbons (Fsp3) is 0.533. The van der Waals surface area contributed by atoms with Crippen molar-refractivity contribution in [1.82, 2.24) is 9.88 Å². The van der Waals surface area contributed by atoms with Crippen LogP contribution >= 0.6 is 11.3 Å². The van der Waals surface area contributed by atoms with Gasteiger partial charge in [-0.2, -0.15) is 0 Å². The molecule has 0 amide bonds. The number of nitrogens with zero attached hydrogens (tertiary/aromatic N) is 2. The van der Waals surface area contributed by atoms with Crippen LogP contribution in [-0.2, 0) is 6.54 Å². The molecule has 0 radical (unpaired) electrons. The number of hydrogen-bond acceptors (Lipinski definition) is 4. The summed E-state index contributed by atoms with van der Waals surface area (Å²) in [7, 11) is 0. The molecule has 2 heterocycles. The second kappa shape index (κ2) is 5.76. The van der Waals surface area contributed by atoms with Gasteiger partial charge in [0.05, 0.1) is 16.8 Å². The molecular formula is C15H20FN3S. The molecule has 0 bridgehead atoms. The van der Waals surface area contributed by atoms with E-state index >= 15 is 0 Å². The molecule has 1 atom stereocenters. The maximum atomic E-state index is 13.2. The van der Waals surface area contributed by atoms with Gasteiger partial charge in [0.25, 0.3) is 0 Å². The third-order valence-electron chi connectivity index (χ3n) is 4.13. The van der Waals surface area contributed by atoms with E-state index < -0.39 is 0 Å². The normalized spacial score (nSPS) is 19.6. The molecule has 5 heteroatoms. The van der Waals surface area contributed by atoms with Gasteiger partial charge in [-0.3, -0.25) is 4.90 Å². The average Bonchev–Trinajstić information content (AvgIpc) is 2.80. The Morgan fingerprint density at radius 3 is 2.90 bits per heavy atom. The zero-order chi connectivity index (χ0) is 14.1. The highest BCUT2D eigenvalue weighted by molar-refractivity contribution is 7.18. The van der Waals surface area contributed by atoms with Crippen molar-refractivity contribution < 1.29 is 4.39 Å². The van der Waals surface area contributed by atoms with Gasteiger partial charge in [0.15, 0.2) is 0 Å². The Hall–Kier alpha value is -1.04. The van der Waals surface area contributed by atoms with E-state index in [9.17, 15) is 4.39 Å². The van der Waals surface area contributed by atoms with Gasteiger partial charge in [-0.25, -0.2) is 9.37 Å². The van der Waals surface area contributed by atoms with Gasteiger partial charge in [-0.1, -0.05) is 0 Å². The molecule has 1 saturated heterocycles. The van der Waals surface area contributed by atoms with E-state index in [0.717, 1.165) is 47.7 Å². The number of benzene rings is 1. The lowest BCUT2D eigenvalue weighted by Crippen LogP contribution is -2.39. The maximum Gasteiger partial charge on any atom is 0.124 e. The molecule has 1 fully saturated rings. The number of thiazole rings is 1. The molecule has 1 aliphatic rings. The van der Waals surface area contributed by atoms with Gasteiger partial charge in [-0.15, -0.1) is 11.3 Å². The summed E-state index contributed by atoms with van der Waals surface area (Å²) in [6.45, 7) is 5.13. The summed E-state index contributed by atoms with van der Waals surface area (Å²) < 4.78 is 14.1. The number of halogens is 1. The molecule has 2 aromatic rings. The quantitative estimate of drug-likeness (QED) is 0.946. The predicted molar refractivity (Wildman–Crippen MR) is 81.2 cm³/mol. The van der Waals surface area contributed by atoms with E-state index in [2.05, 4.69) is 16.8 Å². The van der Waals surface area contributed by atoms with Gasteiger partial charge >= 0.3 is 0 Å². The van der Waals surface area contributed by atoms with Crippen LogP contribution in [0.1, 0.15) is 24.8 Å². The molecule has 1 aromatic heterocycles. The van der Waals surface area contributed by atoms with Gasteiger partial charge in [0.1, 0.15) is 10.8 Å². The Bertz CT molecular complexity index is 588. The van der Waals surface area contributed by atoms with Crippen molar-refractivity contribution >= 4 is 21.6 Å². The summed E-state index contributed by atoms with van der Waals surface area (Å²) in [5, 5.41) is 1.07. The number of fused-ring (bicyclic) bond motifs is 1.